The molecule has 3 unspecified atom stereocenters. The summed E-state index contributed by atoms with van der Waals surface area (Å²) in [6.07, 6.45) is -0.0841. The predicted molar refractivity (Wildman–Crippen MR) is 53.1 cm³/mol. The third-order valence-electron chi connectivity index (χ3n) is 2.89. The van der Waals surface area contributed by atoms with E-state index in [-0.39, 0.29) is 18.7 Å². The second-order valence-corrected chi connectivity index (χ2v) is 3.98. The Morgan fingerprint density at radius 1 is 1.40 bits per heavy atom. The maximum Gasteiger partial charge on any atom is 0.265 e. The second kappa shape index (κ2) is 6.35. The van der Waals surface area contributed by atoms with Crippen LogP contribution in [0.3, 0.4) is 0 Å². The Morgan fingerprint density at radius 3 is 2.67 bits per heavy atom. The highest BCUT2D eigenvalue weighted by atomic mass is 19.3. The van der Waals surface area contributed by atoms with Gasteiger partial charge in [0.1, 0.15) is 6.10 Å². The van der Waals surface area contributed by atoms with Gasteiger partial charge >= 0.3 is 0 Å². The van der Waals surface area contributed by atoms with Crippen molar-refractivity contribution in [3.63, 3.8) is 0 Å². The Kier molecular flexibility index (Phi) is 5.42. The molecule has 0 radical (unpaired) electrons. The minimum absolute atomic E-state index is 0.0673. The fraction of sp³-hybridized carbons (Fsp3) is 1.00. The molecule has 1 fully saturated rings. The standard InChI is InChI=1S/C10H19F2NO2/c1-15-9-5-3-2-4-7(9)13-6-8(14)10(11)12/h7-10,13-14H,2-6H2,1H3. The molecule has 2 N–H and O–H groups in total. The van der Waals surface area contributed by atoms with Gasteiger partial charge in [-0.1, -0.05) is 12.8 Å². The monoisotopic (exact) mass is 223 g/mol. The van der Waals surface area contributed by atoms with Crippen LogP contribution in [-0.2, 0) is 4.74 Å². The molecule has 0 spiro atoms. The smallest absolute Gasteiger partial charge is 0.265 e. The summed E-state index contributed by atoms with van der Waals surface area (Å²) >= 11 is 0. The molecular formula is C10H19F2NO2. The van der Waals surface area contributed by atoms with E-state index in [1.807, 2.05) is 0 Å². The minimum Gasteiger partial charge on any atom is -0.386 e. The van der Waals surface area contributed by atoms with Crippen molar-refractivity contribution < 1.29 is 18.6 Å². The first kappa shape index (κ1) is 12.8. The van der Waals surface area contributed by atoms with Gasteiger partial charge in [0.25, 0.3) is 6.43 Å². The number of aliphatic hydroxyl groups is 1. The van der Waals surface area contributed by atoms with Crippen LogP contribution in [-0.4, -0.2) is 43.4 Å². The average Bonchev–Trinajstić information content (AvgIpc) is 2.26. The molecule has 15 heavy (non-hydrogen) atoms. The number of aliphatic hydroxyl groups excluding tert-OH is 1. The number of hydrogen-bond acceptors (Lipinski definition) is 3. The van der Waals surface area contributed by atoms with E-state index in [0.29, 0.717) is 0 Å². The minimum atomic E-state index is -2.68. The Labute approximate surface area is 88.8 Å². The Morgan fingerprint density at radius 2 is 2.07 bits per heavy atom. The third-order valence-corrected chi connectivity index (χ3v) is 2.89. The molecule has 0 aliphatic heterocycles. The normalized spacial score (nSPS) is 29.4. The van der Waals surface area contributed by atoms with Crippen LogP contribution in [0.15, 0.2) is 0 Å². The molecule has 1 aliphatic carbocycles. The number of hydrogen-bond donors (Lipinski definition) is 2. The number of halogens is 2. The Hall–Kier alpha value is -0.260. The van der Waals surface area contributed by atoms with E-state index in [1.54, 1.807) is 7.11 Å². The molecule has 0 saturated heterocycles. The van der Waals surface area contributed by atoms with Crippen LogP contribution in [0.5, 0.6) is 0 Å². The van der Waals surface area contributed by atoms with Gasteiger partial charge in [0, 0.05) is 19.7 Å². The van der Waals surface area contributed by atoms with Crippen molar-refractivity contribution in [2.24, 2.45) is 0 Å². The van der Waals surface area contributed by atoms with Crippen molar-refractivity contribution >= 4 is 0 Å². The summed E-state index contributed by atoms with van der Waals surface area (Å²) in [5, 5.41) is 11.9. The van der Waals surface area contributed by atoms with Crippen LogP contribution < -0.4 is 5.32 Å². The van der Waals surface area contributed by atoms with Crippen molar-refractivity contribution in [2.75, 3.05) is 13.7 Å². The summed E-state index contributed by atoms with van der Waals surface area (Å²) in [7, 11) is 1.63. The maximum atomic E-state index is 12.0. The van der Waals surface area contributed by atoms with Crippen molar-refractivity contribution in [1.82, 2.24) is 5.32 Å². The van der Waals surface area contributed by atoms with E-state index in [1.165, 1.54) is 0 Å². The van der Waals surface area contributed by atoms with E-state index in [2.05, 4.69) is 5.32 Å². The molecular weight excluding hydrogens is 204 g/mol. The molecule has 90 valence electrons. The lowest BCUT2D eigenvalue weighted by Gasteiger charge is -2.31. The van der Waals surface area contributed by atoms with Gasteiger partial charge in [-0.05, 0) is 12.8 Å². The van der Waals surface area contributed by atoms with Gasteiger partial charge in [0.2, 0.25) is 0 Å². The van der Waals surface area contributed by atoms with Gasteiger partial charge in [-0.2, -0.15) is 0 Å². The summed E-state index contributed by atoms with van der Waals surface area (Å²) < 4.78 is 29.3. The van der Waals surface area contributed by atoms with Crippen molar-refractivity contribution in [3.8, 4) is 0 Å². The second-order valence-electron chi connectivity index (χ2n) is 3.98. The van der Waals surface area contributed by atoms with E-state index in [4.69, 9.17) is 9.84 Å². The molecule has 0 amide bonds. The highest BCUT2D eigenvalue weighted by Gasteiger charge is 2.26. The molecule has 0 heterocycles. The summed E-state index contributed by atoms with van der Waals surface area (Å²) in [5.74, 6) is 0. The molecule has 5 heteroatoms. The summed E-state index contributed by atoms with van der Waals surface area (Å²) in [5.41, 5.74) is 0. The molecule has 1 rings (SSSR count). The first-order valence-corrected chi connectivity index (χ1v) is 5.37. The quantitative estimate of drug-likeness (QED) is 0.735. The summed E-state index contributed by atoms with van der Waals surface area (Å²) in [6, 6.07) is 0.0946. The largest absolute Gasteiger partial charge is 0.386 e. The highest BCUT2D eigenvalue weighted by Crippen LogP contribution is 2.20. The van der Waals surface area contributed by atoms with Crippen molar-refractivity contribution in [2.45, 2.75) is 50.4 Å². The van der Waals surface area contributed by atoms with Gasteiger partial charge in [-0.3, -0.25) is 0 Å². The zero-order valence-electron chi connectivity index (χ0n) is 8.96. The summed E-state index contributed by atoms with van der Waals surface area (Å²) in [4.78, 5) is 0. The zero-order chi connectivity index (χ0) is 11.3. The van der Waals surface area contributed by atoms with Gasteiger partial charge < -0.3 is 15.2 Å². The van der Waals surface area contributed by atoms with Gasteiger partial charge in [-0.25, -0.2) is 8.78 Å². The molecule has 0 bridgehead atoms. The molecule has 0 aromatic heterocycles. The maximum absolute atomic E-state index is 12.0. The lowest BCUT2D eigenvalue weighted by atomic mass is 9.92. The highest BCUT2D eigenvalue weighted by molar-refractivity contribution is 4.82. The molecule has 1 aliphatic rings. The number of methoxy groups -OCH3 is 1. The molecule has 1 saturated carbocycles. The third kappa shape index (κ3) is 4.01. The van der Waals surface area contributed by atoms with Crippen LogP contribution in [0.2, 0.25) is 0 Å². The topological polar surface area (TPSA) is 41.5 Å². The van der Waals surface area contributed by atoms with Crippen molar-refractivity contribution in [3.05, 3.63) is 0 Å². The lowest BCUT2D eigenvalue weighted by Crippen LogP contribution is -2.46. The van der Waals surface area contributed by atoms with Crippen LogP contribution in [0, 0.1) is 0 Å². The Bertz CT molecular complexity index is 181. The van der Waals surface area contributed by atoms with Crippen LogP contribution in [0.4, 0.5) is 8.78 Å². The fourth-order valence-electron chi connectivity index (χ4n) is 1.97. The van der Waals surface area contributed by atoms with E-state index >= 15 is 0 Å². The molecule has 3 atom stereocenters. The number of ether oxygens (including phenoxy) is 1. The van der Waals surface area contributed by atoms with Crippen molar-refractivity contribution in [1.29, 1.82) is 0 Å². The lowest BCUT2D eigenvalue weighted by molar-refractivity contribution is -0.0134. The van der Waals surface area contributed by atoms with E-state index < -0.39 is 12.5 Å². The van der Waals surface area contributed by atoms with Gasteiger partial charge in [0.05, 0.1) is 6.10 Å². The van der Waals surface area contributed by atoms with Crippen LogP contribution in [0.25, 0.3) is 0 Å². The number of rotatable bonds is 5. The first-order chi connectivity index (χ1) is 7.15. The number of nitrogens with one attached hydrogen (secondary N) is 1. The SMILES string of the molecule is COC1CCCCC1NCC(O)C(F)F. The van der Waals surface area contributed by atoms with Gasteiger partial charge in [0.15, 0.2) is 0 Å². The van der Waals surface area contributed by atoms with E-state index in [0.717, 1.165) is 25.7 Å². The van der Waals surface area contributed by atoms with E-state index in [9.17, 15) is 8.78 Å². The molecule has 0 aromatic carbocycles. The first-order valence-electron chi connectivity index (χ1n) is 5.37. The number of alkyl halides is 2. The van der Waals surface area contributed by atoms with Crippen LogP contribution in [0.1, 0.15) is 25.7 Å². The predicted octanol–water partition coefficient (Wildman–Crippen LogP) is 1.16. The molecule has 3 nitrogen and oxygen atoms in total. The van der Waals surface area contributed by atoms with Crippen LogP contribution >= 0.6 is 0 Å². The van der Waals surface area contributed by atoms with Gasteiger partial charge in [-0.15, -0.1) is 0 Å². The Balaban J connectivity index is 2.29. The fourth-order valence-corrected chi connectivity index (χ4v) is 1.97. The summed E-state index contributed by atoms with van der Waals surface area (Å²) in [6.45, 7) is -0.0673. The average molecular weight is 223 g/mol. The molecule has 0 aromatic rings. The zero-order valence-corrected chi connectivity index (χ0v) is 8.96.